The molecule has 2 aromatic rings. The first-order chi connectivity index (χ1) is 9.76. The molecule has 0 fully saturated rings. The Morgan fingerprint density at radius 2 is 2.35 bits per heavy atom. The average molecular weight is 288 g/mol. The third kappa shape index (κ3) is 2.86. The predicted octanol–water partition coefficient (Wildman–Crippen LogP) is 3.63. The fraction of sp³-hybridized carbons (Fsp3) is 0.438. The number of methoxy groups -OCH3 is 1. The van der Waals surface area contributed by atoms with Crippen LogP contribution in [0.2, 0.25) is 0 Å². The van der Waals surface area contributed by atoms with E-state index in [0.717, 1.165) is 23.7 Å². The van der Waals surface area contributed by atoms with Crippen LogP contribution in [0.15, 0.2) is 24.4 Å². The Kier molecular flexibility index (Phi) is 4.03. The number of nitrogens with one attached hydrogen (secondary N) is 1. The minimum atomic E-state index is 0.451. The molecule has 0 spiro atoms. The molecule has 20 heavy (non-hydrogen) atoms. The maximum atomic E-state index is 5.32. The number of aromatic nitrogens is 1. The van der Waals surface area contributed by atoms with Crippen LogP contribution in [-0.4, -0.2) is 12.1 Å². The molecule has 4 heteroatoms. The monoisotopic (exact) mass is 288 g/mol. The fourth-order valence-corrected chi connectivity index (χ4v) is 3.59. The zero-order valence-electron chi connectivity index (χ0n) is 12.0. The zero-order valence-corrected chi connectivity index (χ0v) is 12.8. The Morgan fingerprint density at radius 3 is 3.10 bits per heavy atom. The highest BCUT2D eigenvalue weighted by Crippen LogP contribution is 2.32. The smallest absolute Gasteiger partial charge is 0.119 e. The van der Waals surface area contributed by atoms with Crippen molar-refractivity contribution in [2.75, 3.05) is 7.11 Å². The molecule has 1 heterocycles. The summed E-state index contributed by atoms with van der Waals surface area (Å²) in [7, 11) is 1.73. The Morgan fingerprint density at radius 1 is 1.45 bits per heavy atom. The van der Waals surface area contributed by atoms with Crippen LogP contribution >= 0.6 is 11.3 Å². The quantitative estimate of drug-likeness (QED) is 0.933. The van der Waals surface area contributed by atoms with Crippen molar-refractivity contribution in [1.82, 2.24) is 10.3 Å². The molecule has 0 aliphatic heterocycles. The van der Waals surface area contributed by atoms with Gasteiger partial charge in [-0.25, -0.2) is 4.98 Å². The van der Waals surface area contributed by atoms with Gasteiger partial charge in [0.2, 0.25) is 0 Å². The van der Waals surface area contributed by atoms with Gasteiger partial charge in [0.25, 0.3) is 0 Å². The molecule has 0 bridgehead atoms. The maximum Gasteiger partial charge on any atom is 0.119 e. The number of nitrogens with zero attached hydrogens (tertiary/aromatic N) is 1. The second-order valence-electron chi connectivity index (χ2n) is 5.24. The van der Waals surface area contributed by atoms with Crippen molar-refractivity contribution < 1.29 is 4.74 Å². The summed E-state index contributed by atoms with van der Waals surface area (Å²) in [6, 6.07) is 6.91. The maximum absolute atomic E-state index is 5.32. The molecule has 3 rings (SSSR count). The summed E-state index contributed by atoms with van der Waals surface area (Å²) in [5, 5.41) is 4.81. The topological polar surface area (TPSA) is 34.1 Å². The fourth-order valence-electron chi connectivity index (χ4n) is 2.84. The van der Waals surface area contributed by atoms with E-state index in [2.05, 4.69) is 35.4 Å². The number of rotatable bonds is 4. The molecule has 1 aromatic heterocycles. The standard InChI is InChI=1S/C16H20N2OS/c1-11-17-9-14(20-11)10-18-16-5-3-4-12-8-13(19-2)6-7-15(12)16/h6-9,16,18H,3-5,10H2,1-2H3. The number of thiazole rings is 1. The van der Waals surface area contributed by atoms with E-state index in [9.17, 15) is 0 Å². The largest absolute Gasteiger partial charge is 0.497 e. The molecule has 1 unspecified atom stereocenters. The van der Waals surface area contributed by atoms with Crippen molar-refractivity contribution in [3.8, 4) is 5.75 Å². The van der Waals surface area contributed by atoms with E-state index in [1.807, 2.05) is 6.20 Å². The number of hydrogen-bond donors (Lipinski definition) is 1. The molecule has 106 valence electrons. The van der Waals surface area contributed by atoms with Crippen molar-refractivity contribution in [2.45, 2.75) is 38.8 Å². The van der Waals surface area contributed by atoms with Crippen molar-refractivity contribution in [3.05, 3.63) is 45.4 Å². The second kappa shape index (κ2) is 5.94. The van der Waals surface area contributed by atoms with Crippen molar-refractivity contribution in [1.29, 1.82) is 0 Å². The summed E-state index contributed by atoms with van der Waals surface area (Å²) in [5.74, 6) is 0.961. The average Bonchev–Trinajstić information content (AvgIpc) is 2.90. The van der Waals surface area contributed by atoms with E-state index in [1.165, 1.54) is 28.8 Å². The van der Waals surface area contributed by atoms with Crippen LogP contribution in [0.3, 0.4) is 0 Å². The molecule has 1 atom stereocenters. The lowest BCUT2D eigenvalue weighted by molar-refractivity contribution is 0.410. The molecule has 3 nitrogen and oxygen atoms in total. The van der Waals surface area contributed by atoms with Gasteiger partial charge in [0.1, 0.15) is 5.75 Å². The Hall–Kier alpha value is -1.39. The van der Waals surface area contributed by atoms with Gasteiger partial charge >= 0.3 is 0 Å². The van der Waals surface area contributed by atoms with E-state index in [4.69, 9.17) is 4.74 Å². The summed E-state index contributed by atoms with van der Waals surface area (Å²) in [6.45, 7) is 2.96. The van der Waals surface area contributed by atoms with Gasteiger partial charge in [0.05, 0.1) is 12.1 Å². The van der Waals surface area contributed by atoms with E-state index in [0.29, 0.717) is 6.04 Å². The SMILES string of the molecule is COc1ccc2c(c1)CCCC2NCc1cnc(C)s1. The number of hydrogen-bond acceptors (Lipinski definition) is 4. The molecule has 1 aliphatic rings. The van der Waals surface area contributed by atoms with Gasteiger partial charge in [-0.15, -0.1) is 11.3 Å². The summed E-state index contributed by atoms with van der Waals surface area (Å²) in [6.07, 6.45) is 5.58. The van der Waals surface area contributed by atoms with Gasteiger partial charge in [-0.1, -0.05) is 6.07 Å². The summed E-state index contributed by atoms with van der Waals surface area (Å²) >= 11 is 1.77. The minimum Gasteiger partial charge on any atom is -0.497 e. The van der Waals surface area contributed by atoms with E-state index >= 15 is 0 Å². The lowest BCUT2D eigenvalue weighted by Gasteiger charge is -2.26. The van der Waals surface area contributed by atoms with Gasteiger partial charge in [0.15, 0.2) is 0 Å². The molecule has 1 aliphatic carbocycles. The Balaban J connectivity index is 1.73. The lowest BCUT2D eigenvalue weighted by atomic mass is 9.87. The van der Waals surface area contributed by atoms with Crippen LogP contribution in [0.25, 0.3) is 0 Å². The summed E-state index contributed by atoms with van der Waals surface area (Å²) < 4.78 is 5.32. The lowest BCUT2D eigenvalue weighted by Crippen LogP contribution is -2.24. The Labute approximate surface area is 124 Å². The summed E-state index contributed by atoms with van der Waals surface area (Å²) in [5.41, 5.74) is 2.85. The van der Waals surface area contributed by atoms with Crippen LogP contribution in [0.1, 0.15) is 39.9 Å². The molecule has 0 radical (unpaired) electrons. The van der Waals surface area contributed by atoms with Crippen LogP contribution < -0.4 is 10.1 Å². The van der Waals surface area contributed by atoms with E-state index < -0.39 is 0 Å². The van der Waals surface area contributed by atoms with Gasteiger partial charge in [-0.2, -0.15) is 0 Å². The third-order valence-electron chi connectivity index (χ3n) is 3.86. The summed E-state index contributed by atoms with van der Waals surface area (Å²) in [4.78, 5) is 5.62. The van der Waals surface area contributed by atoms with E-state index in [-0.39, 0.29) is 0 Å². The van der Waals surface area contributed by atoms with Crippen molar-refractivity contribution in [2.24, 2.45) is 0 Å². The normalized spacial score (nSPS) is 17.8. The Bertz CT molecular complexity index is 594. The predicted molar refractivity (Wildman–Crippen MR) is 82.4 cm³/mol. The van der Waals surface area contributed by atoms with Crippen LogP contribution in [0, 0.1) is 6.92 Å². The van der Waals surface area contributed by atoms with E-state index in [1.54, 1.807) is 18.4 Å². The van der Waals surface area contributed by atoms with Gasteiger partial charge in [0, 0.05) is 23.7 Å². The number of ether oxygens (including phenoxy) is 1. The highest BCUT2D eigenvalue weighted by atomic mass is 32.1. The third-order valence-corrected chi connectivity index (χ3v) is 4.77. The van der Waals surface area contributed by atoms with Gasteiger partial charge in [-0.3, -0.25) is 0 Å². The minimum absolute atomic E-state index is 0.451. The number of fused-ring (bicyclic) bond motifs is 1. The van der Waals surface area contributed by atoms with Crippen molar-refractivity contribution >= 4 is 11.3 Å². The highest BCUT2D eigenvalue weighted by Gasteiger charge is 2.20. The van der Waals surface area contributed by atoms with Crippen molar-refractivity contribution in [3.63, 3.8) is 0 Å². The molecule has 1 N–H and O–H groups in total. The van der Waals surface area contributed by atoms with Crippen LogP contribution in [0.4, 0.5) is 0 Å². The van der Waals surface area contributed by atoms with Crippen LogP contribution in [0.5, 0.6) is 5.75 Å². The first-order valence-electron chi connectivity index (χ1n) is 7.08. The second-order valence-corrected chi connectivity index (χ2v) is 6.56. The molecule has 1 aromatic carbocycles. The molecule has 0 saturated carbocycles. The molecule has 0 amide bonds. The van der Waals surface area contributed by atoms with Gasteiger partial charge in [-0.05, 0) is 49.4 Å². The molecular formula is C16H20N2OS. The first-order valence-corrected chi connectivity index (χ1v) is 7.89. The zero-order chi connectivity index (χ0) is 13.9. The van der Waals surface area contributed by atoms with Crippen LogP contribution in [-0.2, 0) is 13.0 Å². The highest BCUT2D eigenvalue weighted by molar-refractivity contribution is 7.11. The molecular weight excluding hydrogens is 268 g/mol. The van der Waals surface area contributed by atoms with Gasteiger partial charge < -0.3 is 10.1 Å². The molecule has 0 saturated heterocycles. The number of aryl methyl sites for hydroxylation is 2. The number of benzene rings is 1. The first kappa shape index (κ1) is 13.6.